The highest BCUT2D eigenvalue weighted by Crippen LogP contribution is 2.18. The summed E-state index contributed by atoms with van der Waals surface area (Å²) in [6.45, 7) is 2.15. The Labute approximate surface area is 90.6 Å². The van der Waals surface area contributed by atoms with Crippen molar-refractivity contribution in [3.8, 4) is 5.75 Å². The monoisotopic (exact) mass is 234 g/mol. The standard InChI is InChI=1S/C9H12F2N2O3/c1-9(2,8(14)15)13-4-6(3-12-13)16-5-7(10)11/h3-4,7H,5H2,1-2H3,(H,14,15). The third kappa shape index (κ3) is 2.68. The molecule has 0 saturated heterocycles. The number of nitrogens with zero attached hydrogens (tertiary/aromatic N) is 2. The van der Waals surface area contributed by atoms with Crippen LogP contribution in [0.2, 0.25) is 0 Å². The maximum absolute atomic E-state index is 11.8. The highest BCUT2D eigenvalue weighted by molar-refractivity contribution is 5.75. The van der Waals surface area contributed by atoms with E-state index >= 15 is 0 Å². The maximum Gasteiger partial charge on any atom is 0.331 e. The Bertz CT molecular complexity index is 377. The molecule has 0 radical (unpaired) electrons. The fourth-order valence-electron chi connectivity index (χ4n) is 0.944. The van der Waals surface area contributed by atoms with Crippen molar-refractivity contribution in [2.24, 2.45) is 0 Å². The smallest absolute Gasteiger partial charge is 0.331 e. The minimum absolute atomic E-state index is 0.120. The molecule has 16 heavy (non-hydrogen) atoms. The molecule has 1 N–H and O–H groups in total. The Morgan fingerprint density at radius 1 is 1.69 bits per heavy atom. The van der Waals surface area contributed by atoms with Crippen molar-refractivity contribution in [1.82, 2.24) is 9.78 Å². The van der Waals surface area contributed by atoms with E-state index in [0.29, 0.717) is 0 Å². The predicted molar refractivity (Wildman–Crippen MR) is 50.7 cm³/mol. The molecule has 1 heterocycles. The second kappa shape index (κ2) is 4.46. The molecule has 0 aliphatic rings. The molecule has 0 atom stereocenters. The summed E-state index contributed by atoms with van der Waals surface area (Å²) in [5.74, 6) is -0.953. The lowest BCUT2D eigenvalue weighted by atomic mass is 10.1. The van der Waals surface area contributed by atoms with Gasteiger partial charge in [-0.15, -0.1) is 0 Å². The van der Waals surface area contributed by atoms with Gasteiger partial charge in [0.25, 0.3) is 6.43 Å². The second-order valence-electron chi connectivity index (χ2n) is 3.69. The molecule has 0 amide bonds. The van der Waals surface area contributed by atoms with E-state index in [1.54, 1.807) is 0 Å². The van der Waals surface area contributed by atoms with Crippen molar-refractivity contribution in [3.05, 3.63) is 12.4 Å². The van der Waals surface area contributed by atoms with E-state index in [9.17, 15) is 13.6 Å². The third-order valence-corrected chi connectivity index (χ3v) is 2.03. The van der Waals surface area contributed by atoms with Gasteiger partial charge in [-0.1, -0.05) is 0 Å². The Kier molecular flexibility index (Phi) is 3.46. The van der Waals surface area contributed by atoms with E-state index in [-0.39, 0.29) is 5.75 Å². The molecule has 7 heteroatoms. The van der Waals surface area contributed by atoms with Crippen molar-refractivity contribution in [2.75, 3.05) is 6.61 Å². The normalized spacial score (nSPS) is 11.8. The average Bonchev–Trinajstić information content (AvgIpc) is 2.63. The van der Waals surface area contributed by atoms with Crippen LogP contribution in [0.3, 0.4) is 0 Å². The van der Waals surface area contributed by atoms with Gasteiger partial charge in [0.2, 0.25) is 0 Å². The number of halogens is 2. The summed E-state index contributed by atoms with van der Waals surface area (Å²) in [5.41, 5.74) is -1.24. The van der Waals surface area contributed by atoms with Gasteiger partial charge in [0.05, 0.1) is 12.4 Å². The number of ether oxygens (including phenoxy) is 1. The fraction of sp³-hybridized carbons (Fsp3) is 0.556. The van der Waals surface area contributed by atoms with Crippen LogP contribution in [0.5, 0.6) is 5.75 Å². The zero-order valence-corrected chi connectivity index (χ0v) is 8.85. The van der Waals surface area contributed by atoms with E-state index < -0.39 is 24.5 Å². The topological polar surface area (TPSA) is 64.3 Å². The minimum atomic E-state index is -2.57. The van der Waals surface area contributed by atoms with Crippen LogP contribution < -0.4 is 4.74 Å². The van der Waals surface area contributed by atoms with Crippen molar-refractivity contribution >= 4 is 5.97 Å². The molecule has 0 aromatic carbocycles. The summed E-state index contributed by atoms with van der Waals surface area (Å²) >= 11 is 0. The lowest BCUT2D eigenvalue weighted by Crippen LogP contribution is -2.35. The summed E-state index contributed by atoms with van der Waals surface area (Å²) < 4.78 is 29.5. The van der Waals surface area contributed by atoms with Gasteiger partial charge in [0.15, 0.2) is 11.3 Å². The van der Waals surface area contributed by atoms with Crippen molar-refractivity contribution in [2.45, 2.75) is 25.8 Å². The first kappa shape index (κ1) is 12.4. The van der Waals surface area contributed by atoms with E-state index in [2.05, 4.69) is 5.10 Å². The minimum Gasteiger partial charge on any atom is -0.484 e. The summed E-state index contributed by atoms with van der Waals surface area (Å²) in [4.78, 5) is 10.9. The Morgan fingerprint density at radius 3 is 2.81 bits per heavy atom. The number of aliphatic carboxylic acids is 1. The van der Waals surface area contributed by atoms with Gasteiger partial charge >= 0.3 is 5.97 Å². The van der Waals surface area contributed by atoms with Gasteiger partial charge in [-0.2, -0.15) is 5.10 Å². The van der Waals surface area contributed by atoms with Crippen LogP contribution in [0.15, 0.2) is 12.4 Å². The van der Waals surface area contributed by atoms with Gasteiger partial charge in [0.1, 0.15) is 6.61 Å². The number of carbonyl (C=O) groups is 1. The molecular weight excluding hydrogens is 222 g/mol. The Hall–Kier alpha value is -1.66. The molecule has 0 bridgehead atoms. The quantitative estimate of drug-likeness (QED) is 0.835. The molecule has 0 aliphatic heterocycles. The van der Waals surface area contributed by atoms with E-state index in [4.69, 9.17) is 9.84 Å². The van der Waals surface area contributed by atoms with Crippen LogP contribution in [-0.4, -0.2) is 33.9 Å². The number of hydrogen-bond acceptors (Lipinski definition) is 3. The first-order valence-electron chi connectivity index (χ1n) is 4.53. The highest BCUT2D eigenvalue weighted by Gasteiger charge is 2.30. The second-order valence-corrected chi connectivity index (χ2v) is 3.69. The lowest BCUT2D eigenvalue weighted by molar-refractivity contribution is -0.146. The van der Waals surface area contributed by atoms with Gasteiger partial charge < -0.3 is 9.84 Å². The molecule has 1 aromatic rings. The molecule has 0 spiro atoms. The van der Waals surface area contributed by atoms with Crippen molar-refractivity contribution < 1.29 is 23.4 Å². The molecule has 5 nitrogen and oxygen atoms in total. The van der Waals surface area contributed by atoms with Crippen molar-refractivity contribution in [1.29, 1.82) is 0 Å². The average molecular weight is 234 g/mol. The zero-order chi connectivity index (χ0) is 12.3. The van der Waals surface area contributed by atoms with Crippen LogP contribution in [-0.2, 0) is 10.3 Å². The molecule has 0 saturated carbocycles. The van der Waals surface area contributed by atoms with Crippen LogP contribution >= 0.6 is 0 Å². The molecule has 1 rings (SSSR count). The summed E-state index contributed by atoms with van der Waals surface area (Å²) in [5, 5.41) is 12.7. The van der Waals surface area contributed by atoms with Gasteiger partial charge in [-0.05, 0) is 13.8 Å². The number of carboxylic acid groups (broad SMARTS) is 1. The number of aromatic nitrogens is 2. The SMILES string of the molecule is CC(C)(C(=O)O)n1cc(OCC(F)F)cn1. The summed E-state index contributed by atoms with van der Waals surface area (Å²) in [6.07, 6.45) is -0.0975. The van der Waals surface area contributed by atoms with Crippen LogP contribution in [0.25, 0.3) is 0 Å². The summed E-state index contributed by atoms with van der Waals surface area (Å²) in [7, 11) is 0. The molecule has 0 unspecified atom stereocenters. The predicted octanol–water partition coefficient (Wildman–Crippen LogP) is 1.35. The molecule has 0 aliphatic carbocycles. The number of carboxylic acids is 1. The number of hydrogen-bond donors (Lipinski definition) is 1. The summed E-state index contributed by atoms with van der Waals surface area (Å²) in [6, 6.07) is 0. The van der Waals surface area contributed by atoms with Crippen LogP contribution in [0.4, 0.5) is 8.78 Å². The maximum atomic E-state index is 11.8. The lowest BCUT2D eigenvalue weighted by Gasteiger charge is -2.19. The van der Waals surface area contributed by atoms with E-state index in [1.807, 2.05) is 0 Å². The van der Waals surface area contributed by atoms with Crippen molar-refractivity contribution in [3.63, 3.8) is 0 Å². The van der Waals surface area contributed by atoms with E-state index in [0.717, 1.165) is 4.68 Å². The molecule has 0 fully saturated rings. The number of rotatable bonds is 5. The van der Waals surface area contributed by atoms with Gasteiger partial charge in [0, 0.05) is 0 Å². The zero-order valence-electron chi connectivity index (χ0n) is 8.85. The van der Waals surface area contributed by atoms with Crippen LogP contribution in [0.1, 0.15) is 13.8 Å². The highest BCUT2D eigenvalue weighted by atomic mass is 19.3. The first-order valence-corrected chi connectivity index (χ1v) is 4.53. The first-order chi connectivity index (χ1) is 7.34. The van der Waals surface area contributed by atoms with Crippen LogP contribution in [0, 0.1) is 0 Å². The molecule has 1 aromatic heterocycles. The molecule has 90 valence electrons. The third-order valence-electron chi connectivity index (χ3n) is 2.03. The van der Waals surface area contributed by atoms with Gasteiger partial charge in [-0.25, -0.2) is 13.6 Å². The largest absolute Gasteiger partial charge is 0.484 e. The Morgan fingerprint density at radius 2 is 2.31 bits per heavy atom. The number of alkyl halides is 2. The molecular formula is C9H12F2N2O3. The van der Waals surface area contributed by atoms with Gasteiger partial charge in [-0.3, -0.25) is 4.68 Å². The Balaban J connectivity index is 2.75. The fourth-order valence-corrected chi connectivity index (χ4v) is 0.944. The van der Waals surface area contributed by atoms with E-state index in [1.165, 1.54) is 26.2 Å².